The maximum atomic E-state index is 11.1. The number of cyclic esters (lactones) is 1. The summed E-state index contributed by atoms with van der Waals surface area (Å²) < 4.78 is 4.57. The van der Waals surface area contributed by atoms with Crippen LogP contribution in [0.3, 0.4) is 0 Å². The molecule has 0 unspecified atom stereocenters. The zero-order chi connectivity index (χ0) is 9.97. The lowest BCUT2D eigenvalue weighted by Gasteiger charge is -1.91. The van der Waals surface area contributed by atoms with Gasteiger partial charge in [0.1, 0.15) is 5.57 Å². The zero-order valence-electron chi connectivity index (χ0n) is 7.27. The molecule has 4 nitrogen and oxygen atoms in total. The molecular weight excluding hydrogens is 182 g/mol. The molecule has 0 bridgehead atoms. The fraction of sp³-hybridized carbons (Fsp3) is 0.100. The molecule has 1 aromatic rings. The number of hydrogen-bond donors (Lipinski definition) is 0. The summed E-state index contributed by atoms with van der Waals surface area (Å²) in [6.45, 7) is -0.155. The van der Waals surface area contributed by atoms with Gasteiger partial charge in [0.05, 0.1) is 5.69 Å². The Bertz CT molecular complexity index is 391. The molecule has 1 aliphatic rings. The molecule has 2 rings (SSSR count). The van der Waals surface area contributed by atoms with Crippen molar-refractivity contribution in [2.24, 2.45) is 0 Å². The predicted octanol–water partition coefficient (Wildman–Crippen LogP) is 0.591. The normalized spacial score (nSPS) is 18.7. The van der Waals surface area contributed by atoms with E-state index in [1.165, 1.54) is 6.08 Å². The van der Waals surface area contributed by atoms with Crippen LogP contribution < -0.4 is 0 Å². The molecule has 0 atom stereocenters. The van der Waals surface area contributed by atoms with Crippen LogP contribution in [0.25, 0.3) is 6.08 Å². The second-order valence-corrected chi connectivity index (χ2v) is 2.81. The Labute approximate surface area is 80.2 Å². The number of carbonyl (C=O) groups is 2. The van der Waals surface area contributed by atoms with Crippen LogP contribution in [0.1, 0.15) is 5.69 Å². The lowest BCUT2D eigenvalue weighted by Crippen LogP contribution is -2.00. The Morgan fingerprint density at radius 1 is 1.36 bits per heavy atom. The highest BCUT2D eigenvalue weighted by Crippen LogP contribution is 2.12. The molecule has 4 heteroatoms. The minimum absolute atomic E-state index is 0.0729. The fourth-order valence-corrected chi connectivity index (χ4v) is 1.15. The highest BCUT2D eigenvalue weighted by molar-refractivity contribution is 6.24. The van der Waals surface area contributed by atoms with E-state index in [9.17, 15) is 9.59 Å². The molecule has 0 radical (unpaired) electrons. The molecule has 1 aromatic heterocycles. The van der Waals surface area contributed by atoms with Crippen molar-refractivity contribution in [3.8, 4) is 0 Å². The van der Waals surface area contributed by atoms with E-state index in [2.05, 4.69) is 9.72 Å². The zero-order valence-corrected chi connectivity index (χ0v) is 7.27. The third-order valence-corrected chi connectivity index (χ3v) is 1.83. The molecule has 2 heterocycles. The van der Waals surface area contributed by atoms with Gasteiger partial charge in [0, 0.05) is 6.20 Å². The van der Waals surface area contributed by atoms with Crippen LogP contribution in [0.2, 0.25) is 0 Å². The molecule has 0 aromatic carbocycles. The first-order valence-electron chi connectivity index (χ1n) is 4.10. The van der Waals surface area contributed by atoms with Crippen LogP contribution in [0.5, 0.6) is 0 Å². The smallest absolute Gasteiger partial charge is 0.342 e. The van der Waals surface area contributed by atoms with Crippen molar-refractivity contribution in [2.45, 2.75) is 0 Å². The van der Waals surface area contributed by atoms with Crippen LogP contribution in [-0.4, -0.2) is 23.3 Å². The number of ether oxygens (including phenoxy) is 1. The highest BCUT2D eigenvalue weighted by atomic mass is 16.5. The van der Waals surface area contributed by atoms with Crippen molar-refractivity contribution in [1.82, 2.24) is 4.98 Å². The number of aromatic nitrogens is 1. The summed E-state index contributed by atoms with van der Waals surface area (Å²) in [5, 5.41) is 0. The van der Waals surface area contributed by atoms with Crippen molar-refractivity contribution in [3.63, 3.8) is 0 Å². The van der Waals surface area contributed by atoms with Crippen molar-refractivity contribution < 1.29 is 14.3 Å². The van der Waals surface area contributed by atoms with Gasteiger partial charge in [-0.15, -0.1) is 0 Å². The van der Waals surface area contributed by atoms with Crippen LogP contribution in [0, 0.1) is 0 Å². The number of ketones is 1. The summed E-state index contributed by atoms with van der Waals surface area (Å²) in [4.78, 5) is 26.2. The average molecular weight is 189 g/mol. The van der Waals surface area contributed by atoms with E-state index in [0.717, 1.165) is 0 Å². The number of rotatable bonds is 1. The Morgan fingerprint density at radius 3 is 2.79 bits per heavy atom. The molecule has 70 valence electrons. The first-order chi connectivity index (χ1) is 6.77. The lowest BCUT2D eigenvalue weighted by atomic mass is 10.1. The Morgan fingerprint density at radius 2 is 2.21 bits per heavy atom. The van der Waals surface area contributed by atoms with E-state index < -0.39 is 5.97 Å². The summed E-state index contributed by atoms with van der Waals surface area (Å²) in [6, 6.07) is 5.26. The SMILES string of the molecule is O=C1COC(=O)C1=Cc1ccccn1. The molecule has 1 aliphatic heterocycles. The maximum Gasteiger partial charge on any atom is 0.342 e. The van der Waals surface area contributed by atoms with Crippen LogP contribution in [-0.2, 0) is 14.3 Å². The summed E-state index contributed by atoms with van der Waals surface area (Å²) in [5.41, 5.74) is 0.651. The standard InChI is InChI=1S/C10H7NO3/c12-9-6-14-10(13)8(9)5-7-3-1-2-4-11-7/h1-5H,6H2. The third-order valence-electron chi connectivity index (χ3n) is 1.83. The lowest BCUT2D eigenvalue weighted by molar-refractivity contribution is -0.135. The number of esters is 1. The van der Waals surface area contributed by atoms with Gasteiger partial charge in [-0.2, -0.15) is 0 Å². The predicted molar refractivity (Wildman–Crippen MR) is 48.2 cm³/mol. The number of hydrogen-bond acceptors (Lipinski definition) is 4. The van der Waals surface area contributed by atoms with Gasteiger partial charge in [0.25, 0.3) is 0 Å². The van der Waals surface area contributed by atoms with Crippen molar-refractivity contribution >= 4 is 17.8 Å². The van der Waals surface area contributed by atoms with Gasteiger partial charge >= 0.3 is 5.97 Å². The number of pyridine rings is 1. The van der Waals surface area contributed by atoms with Crippen LogP contribution >= 0.6 is 0 Å². The van der Waals surface area contributed by atoms with Crippen molar-refractivity contribution in [3.05, 3.63) is 35.7 Å². The Kier molecular flexibility index (Phi) is 2.10. The molecule has 0 amide bonds. The maximum absolute atomic E-state index is 11.1. The van der Waals surface area contributed by atoms with Gasteiger partial charge < -0.3 is 4.74 Å². The van der Waals surface area contributed by atoms with Crippen molar-refractivity contribution in [2.75, 3.05) is 6.61 Å². The molecular formula is C10H7NO3. The van der Waals surface area contributed by atoms with E-state index in [-0.39, 0.29) is 18.0 Å². The Hall–Kier alpha value is -1.97. The number of carbonyl (C=O) groups excluding carboxylic acids is 2. The van der Waals surface area contributed by atoms with E-state index >= 15 is 0 Å². The summed E-state index contributed by atoms with van der Waals surface area (Å²) in [5.74, 6) is -0.860. The molecule has 0 N–H and O–H groups in total. The number of nitrogens with zero attached hydrogens (tertiary/aromatic N) is 1. The largest absolute Gasteiger partial charge is 0.454 e. The topological polar surface area (TPSA) is 56.3 Å². The first-order valence-corrected chi connectivity index (χ1v) is 4.10. The van der Waals surface area contributed by atoms with Gasteiger partial charge in [-0.05, 0) is 18.2 Å². The van der Waals surface area contributed by atoms with E-state index in [1.54, 1.807) is 24.4 Å². The van der Waals surface area contributed by atoms with Crippen molar-refractivity contribution in [1.29, 1.82) is 0 Å². The van der Waals surface area contributed by atoms with Gasteiger partial charge in [-0.25, -0.2) is 4.79 Å². The molecule has 0 spiro atoms. The molecule has 0 saturated carbocycles. The van der Waals surface area contributed by atoms with Gasteiger partial charge in [0.15, 0.2) is 6.61 Å². The van der Waals surface area contributed by atoms with Gasteiger partial charge in [-0.3, -0.25) is 9.78 Å². The average Bonchev–Trinajstić information content (AvgIpc) is 2.51. The van der Waals surface area contributed by atoms with Gasteiger partial charge in [-0.1, -0.05) is 6.07 Å². The minimum Gasteiger partial charge on any atom is -0.454 e. The Balaban J connectivity index is 2.35. The summed E-state index contributed by atoms with van der Waals surface area (Å²) in [7, 11) is 0. The van der Waals surface area contributed by atoms with E-state index in [1.807, 2.05) is 0 Å². The highest BCUT2D eigenvalue weighted by Gasteiger charge is 2.27. The van der Waals surface area contributed by atoms with Crippen LogP contribution in [0.15, 0.2) is 30.0 Å². The quantitative estimate of drug-likeness (QED) is 0.368. The third kappa shape index (κ3) is 1.54. The van der Waals surface area contributed by atoms with E-state index in [4.69, 9.17) is 0 Å². The minimum atomic E-state index is -0.569. The van der Waals surface area contributed by atoms with Gasteiger partial charge in [0.2, 0.25) is 5.78 Å². The second-order valence-electron chi connectivity index (χ2n) is 2.81. The molecule has 0 aliphatic carbocycles. The molecule has 14 heavy (non-hydrogen) atoms. The second kappa shape index (κ2) is 3.41. The fourth-order valence-electron chi connectivity index (χ4n) is 1.15. The number of Topliss-reactive ketones (excluding diaryl/α,β-unsaturated/α-hetero) is 1. The van der Waals surface area contributed by atoms with E-state index in [0.29, 0.717) is 5.69 Å². The monoisotopic (exact) mass is 189 g/mol. The van der Waals surface area contributed by atoms with Crippen LogP contribution in [0.4, 0.5) is 0 Å². The molecule has 1 saturated heterocycles. The summed E-state index contributed by atoms with van der Waals surface area (Å²) >= 11 is 0. The summed E-state index contributed by atoms with van der Waals surface area (Å²) in [6.07, 6.45) is 3.04. The first kappa shape index (κ1) is 8.62. The molecule has 1 fully saturated rings.